The Hall–Kier alpha value is -0.870. The van der Waals surface area contributed by atoms with Crippen molar-refractivity contribution in [3.05, 3.63) is 16.4 Å². The van der Waals surface area contributed by atoms with Gasteiger partial charge in [0.2, 0.25) is 0 Å². The number of halogens is 1. The maximum absolute atomic E-state index is 13.1. The highest BCUT2D eigenvalue weighted by Crippen LogP contribution is 2.31. The molecule has 0 unspecified atom stereocenters. The molecule has 0 spiro atoms. The maximum atomic E-state index is 13.1. The molecule has 0 aromatic carbocycles. The molecule has 4 nitrogen and oxygen atoms in total. The van der Waals surface area contributed by atoms with Crippen molar-refractivity contribution in [2.75, 3.05) is 13.1 Å². The Morgan fingerprint density at radius 2 is 1.86 bits per heavy atom. The summed E-state index contributed by atoms with van der Waals surface area (Å²) >= 11 is 6.31. The minimum atomic E-state index is -0.335. The highest BCUT2D eigenvalue weighted by Gasteiger charge is 2.41. The van der Waals surface area contributed by atoms with Crippen molar-refractivity contribution >= 4 is 17.4 Å². The first-order chi connectivity index (χ1) is 9.96. The largest absolute Gasteiger partial charge is 0.297 e. The Bertz CT molecular complexity index is 514. The Balaban J connectivity index is 2.26. The van der Waals surface area contributed by atoms with E-state index in [4.69, 9.17) is 11.6 Å². The number of Topliss-reactive ketones (excluding diaryl/α,β-unsaturated/α-hetero) is 1. The van der Waals surface area contributed by atoms with Crippen LogP contribution in [-0.2, 0) is 18.3 Å². The van der Waals surface area contributed by atoms with E-state index in [-0.39, 0.29) is 11.3 Å². The van der Waals surface area contributed by atoms with Crippen LogP contribution in [-0.4, -0.2) is 39.1 Å². The van der Waals surface area contributed by atoms with Crippen molar-refractivity contribution in [3.8, 4) is 0 Å². The Morgan fingerprint density at radius 3 is 2.29 bits per heavy atom. The summed E-state index contributed by atoms with van der Waals surface area (Å²) in [6.45, 7) is 8.19. The van der Waals surface area contributed by atoms with Crippen LogP contribution in [0.4, 0.5) is 0 Å². The lowest BCUT2D eigenvalue weighted by atomic mass is 9.84. The molecule has 0 aliphatic carbocycles. The third kappa shape index (κ3) is 2.88. The normalized spacial score (nSPS) is 16.6. The molecule has 0 atom stereocenters. The van der Waals surface area contributed by atoms with Crippen molar-refractivity contribution in [1.82, 2.24) is 14.7 Å². The molecular formula is C16H26ClN3O. The lowest BCUT2D eigenvalue weighted by Crippen LogP contribution is -2.53. The summed E-state index contributed by atoms with van der Waals surface area (Å²) in [5, 5.41) is 4.95. The SMILES string of the molecule is CCC(CC)(C(=O)Cc1c(Cl)c(C)nn1C)N1CCCC1. The van der Waals surface area contributed by atoms with E-state index in [0.29, 0.717) is 11.4 Å². The molecule has 118 valence electrons. The predicted molar refractivity (Wildman–Crippen MR) is 85.8 cm³/mol. The number of likely N-dealkylation sites (tertiary alicyclic amines) is 1. The smallest absolute Gasteiger partial charge is 0.159 e. The second kappa shape index (κ2) is 6.49. The molecule has 0 saturated carbocycles. The number of ketones is 1. The van der Waals surface area contributed by atoms with Crippen LogP contribution in [0.3, 0.4) is 0 Å². The van der Waals surface area contributed by atoms with Crippen molar-refractivity contribution in [3.63, 3.8) is 0 Å². The highest BCUT2D eigenvalue weighted by molar-refractivity contribution is 6.32. The summed E-state index contributed by atoms with van der Waals surface area (Å²) < 4.78 is 1.75. The molecule has 0 amide bonds. The minimum absolute atomic E-state index is 0.277. The summed E-state index contributed by atoms with van der Waals surface area (Å²) in [5.74, 6) is 0.277. The third-order valence-electron chi connectivity index (χ3n) is 4.99. The van der Waals surface area contributed by atoms with Crippen LogP contribution in [0.1, 0.15) is 50.9 Å². The van der Waals surface area contributed by atoms with E-state index >= 15 is 0 Å². The van der Waals surface area contributed by atoms with E-state index in [2.05, 4.69) is 23.8 Å². The van der Waals surface area contributed by atoms with Gasteiger partial charge in [-0.3, -0.25) is 14.4 Å². The van der Waals surface area contributed by atoms with Gasteiger partial charge in [0.1, 0.15) is 0 Å². The first-order valence-corrected chi connectivity index (χ1v) is 8.30. The fourth-order valence-corrected chi connectivity index (χ4v) is 3.83. The summed E-state index contributed by atoms with van der Waals surface area (Å²) in [5.41, 5.74) is 1.30. The summed E-state index contributed by atoms with van der Waals surface area (Å²) in [6, 6.07) is 0. The molecular weight excluding hydrogens is 286 g/mol. The van der Waals surface area contributed by atoms with Crippen LogP contribution >= 0.6 is 11.6 Å². The molecule has 0 bridgehead atoms. The van der Waals surface area contributed by atoms with Crippen LogP contribution < -0.4 is 0 Å². The van der Waals surface area contributed by atoms with Gasteiger partial charge in [-0.2, -0.15) is 5.10 Å². The Labute approximate surface area is 132 Å². The fourth-order valence-electron chi connectivity index (χ4n) is 3.60. The zero-order chi connectivity index (χ0) is 15.6. The Kier molecular flexibility index (Phi) is 5.10. The zero-order valence-electron chi connectivity index (χ0n) is 13.6. The topological polar surface area (TPSA) is 38.1 Å². The predicted octanol–water partition coefficient (Wildman–Crippen LogP) is 3.15. The van der Waals surface area contributed by atoms with Gasteiger partial charge in [0.25, 0.3) is 0 Å². The molecule has 21 heavy (non-hydrogen) atoms. The molecule has 5 heteroatoms. The van der Waals surface area contributed by atoms with Crippen LogP contribution in [0.15, 0.2) is 0 Å². The molecule has 1 aliphatic rings. The summed E-state index contributed by atoms with van der Waals surface area (Å²) in [7, 11) is 1.86. The van der Waals surface area contributed by atoms with E-state index in [1.807, 2.05) is 14.0 Å². The van der Waals surface area contributed by atoms with Crippen molar-refractivity contribution < 1.29 is 4.79 Å². The molecule has 1 aromatic heterocycles. The molecule has 1 saturated heterocycles. The quantitative estimate of drug-likeness (QED) is 0.810. The van der Waals surface area contributed by atoms with Gasteiger partial charge >= 0.3 is 0 Å². The van der Waals surface area contributed by atoms with Crippen LogP contribution in [0.2, 0.25) is 5.02 Å². The van der Waals surface area contributed by atoms with Gasteiger partial charge < -0.3 is 0 Å². The molecule has 0 radical (unpaired) electrons. The van der Waals surface area contributed by atoms with Gasteiger partial charge in [0.05, 0.1) is 28.4 Å². The zero-order valence-corrected chi connectivity index (χ0v) is 14.3. The monoisotopic (exact) mass is 311 g/mol. The summed E-state index contributed by atoms with van der Waals surface area (Å²) in [6.07, 6.45) is 4.48. The molecule has 0 N–H and O–H groups in total. The van der Waals surface area contributed by atoms with E-state index in [1.54, 1.807) is 4.68 Å². The first-order valence-electron chi connectivity index (χ1n) is 7.92. The fraction of sp³-hybridized carbons (Fsp3) is 0.750. The van der Waals surface area contributed by atoms with Crippen LogP contribution in [0.5, 0.6) is 0 Å². The minimum Gasteiger partial charge on any atom is -0.297 e. The number of nitrogens with zero attached hydrogens (tertiary/aromatic N) is 3. The van der Waals surface area contributed by atoms with E-state index < -0.39 is 0 Å². The molecule has 2 rings (SSSR count). The standard InChI is InChI=1S/C16H26ClN3O/c1-5-16(6-2,20-9-7-8-10-20)14(21)11-13-15(17)12(3)18-19(13)4/h5-11H2,1-4H3. The lowest BCUT2D eigenvalue weighted by Gasteiger charge is -2.39. The van der Waals surface area contributed by atoms with Crippen molar-refractivity contribution in [2.24, 2.45) is 7.05 Å². The van der Waals surface area contributed by atoms with Crippen LogP contribution in [0.25, 0.3) is 0 Å². The maximum Gasteiger partial charge on any atom is 0.159 e. The van der Waals surface area contributed by atoms with Gasteiger partial charge in [0.15, 0.2) is 5.78 Å². The van der Waals surface area contributed by atoms with Gasteiger partial charge in [-0.05, 0) is 45.7 Å². The number of carbonyl (C=O) groups excluding carboxylic acids is 1. The number of aryl methyl sites for hydroxylation is 2. The number of hydrogen-bond acceptors (Lipinski definition) is 3. The first kappa shape index (κ1) is 16.5. The molecule has 1 aromatic rings. The second-order valence-corrected chi connectivity index (χ2v) is 6.38. The van der Waals surface area contributed by atoms with Crippen molar-refractivity contribution in [2.45, 2.75) is 58.4 Å². The van der Waals surface area contributed by atoms with Gasteiger partial charge in [-0.1, -0.05) is 25.4 Å². The van der Waals surface area contributed by atoms with Crippen LogP contribution in [0, 0.1) is 6.92 Å². The molecule has 2 heterocycles. The van der Waals surface area contributed by atoms with Crippen molar-refractivity contribution in [1.29, 1.82) is 0 Å². The van der Waals surface area contributed by atoms with E-state index in [1.165, 1.54) is 12.8 Å². The lowest BCUT2D eigenvalue weighted by molar-refractivity contribution is -0.130. The van der Waals surface area contributed by atoms with E-state index in [9.17, 15) is 4.79 Å². The third-order valence-corrected chi connectivity index (χ3v) is 5.48. The molecule has 1 fully saturated rings. The highest BCUT2D eigenvalue weighted by atomic mass is 35.5. The number of carbonyl (C=O) groups is 1. The average Bonchev–Trinajstić information content (AvgIpc) is 3.07. The second-order valence-electron chi connectivity index (χ2n) is 6.00. The Morgan fingerprint density at radius 1 is 1.29 bits per heavy atom. The number of hydrogen-bond donors (Lipinski definition) is 0. The number of rotatable bonds is 6. The molecule has 1 aliphatic heterocycles. The summed E-state index contributed by atoms with van der Waals surface area (Å²) in [4.78, 5) is 15.4. The average molecular weight is 312 g/mol. The van der Waals surface area contributed by atoms with Gasteiger partial charge in [-0.15, -0.1) is 0 Å². The number of aromatic nitrogens is 2. The van der Waals surface area contributed by atoms with Gasteiger partial charge in [0, 0.05) is 7.05 Å². The van der Waals surface area contributed by atoms with Gasteiger partial charge in [-0.25, -0.2) is 0 Å². The van der Waals surface area contributed by atoms with E-state index in [0.717, 1.165) is 37.3 Å².